The van der Waals surface area contributed by atoms with E-state index in [9.17, 15) is 14.7 Å². The van der Waals surface area contributed by atoms with Crippen molar-refractivity contribution in [1.29, 1.82) is 0 Å². The molecular formula is C23H28N2O5. The molecule has 2 aromatic carbocycles. The summed E-state index contributed by atoms with van der Waals surface area (Å²) in [4.78, 5) is 26.1. The monoisotopic (exact) mass is 412 g/mol. The Balaban J connectivity index is 1.44. The van der Waals surface area contributed by atoms with Crippen LogP contribution >= 0.6 is 0 Å². The van der Waals surface area contributed by atoms with Crippen molar-refractivity contribution in [3.8, 4) is 5.75 Å². The predicted molar refractivity (Wildman–Crippen MR) is 114 cm³/mol. The van der Waals surface area contributed by atoms with Gasteiger partial charge in [0.15, 0.2) is 0 Å². The Hall–Kier alpha value is -2.90. The molecule has 1 aliphatic rings. The van der Waals surface area contributed by atoms with Gasteiger partial charge in [-0.3, -0.25) is 9.69 Å². The summed E-state index contributed by atoms with van der Waals surface area (Å²) >= 11 is 0. The van der Waals surface area contributed by atoms with Crippen LogP contribution in [0, 0.1) is 5.92 Å². The van der Waals surface area contributed by atoms with Crippen LogP contribution in [0.1, 0.15) is 23.2 Å². The average Bonchev–Trinajstić information content (AvgIpc) is 2.78. The molecule has 1 aliphatic heterocycles. The lowest BCUT2D eigenvalue weighted by atomic mass is 9.96. The maximum absolute atomic E-state index is 12.5. The topological polar surface area (TPSA) is 88.1 Å². The number of anilines is 1. The molecule has 1 amide bonds. The largest absolute Gasteiger partial charge is 0.491 e. The van der Waals surface area contributed by atoms with Crippen molar-refractivity contribution in [1.82, 2.24) is 4.90 Å². The molecule has 0 aliphatic carbocycles. The number of esters is 1. The molecule has 1 heterocycles. The number of aliphatic hydroxyl groups is 1. The molecule has 2 atom stereocenters. The summed E-state index contributed by atoms with van der Waals surface area (Å²) in [6.07, 6.45) is 1.07. The number of piperidine rings is 1. The summed E-state index contributed by atoms with van der Waals surface area (Å²) in [6.45, 7) is 2.04. The highest BCUT2D eigenvalue weighted by molar-refractivity contribution is 5.92. The predicted octanol–water partition coefficient (Wildman–Crippen LogP) is 2.56. The Morgan fingerprint density at radius 2 is 1.90 bits per heavy atom. The van der Waals surface area contributed by atoms with E-state index >= 15 is 0 Å². The average molecular weight is 412 g/mol. The molecule has 0 unspecified atom stereocenters. The Morgan fingerprint density at radius 1 is 1.17 bits per heavy atom. The second kappa shape index (κ2) is 10.8. The Kier molecular flexibility index (Phi) is 7.82. The number of methoxy groups -OCH3 is 1. The highest BCUT2D eigenvalue weighted by atomic mass is 16.5. The maximum atomic E-state index is 12.5. The van der Waals surface area contributed by atoms with Crippen LogP contribution in [0.2, 0.25) is 0 Å². The molecule has 0 bridgehead atoms. The van der Waals surface area contributed by atoms with Crippen molar-refractivity contribution in [3.63, 3.8) is 0 Å². The zero-order chi connectivity index (χ0) is 21.3. The molecule has 1 saturated heterocycles. The number of carbonyl (C=O) groups is 2. The zero-order valence-corrected chi connectivity index (χ0v) is 17.1. The van der Waals surface area contributed by atoms with Crippen molar-refractivity contribution < 1.29 is 24.2 Å². The third kappa shape index (κ3) is 6.30. The van der Waals surface area contributed by atoms with E-state index < -0.39 is 12.1 Å². The Labute approximate surface area is 176 Å². The lowest BCUT2D eigenvalue weighted by Crippen LogP contribution is -2.44. The van der Waals surface area contributed by atoms with E-state index in [2.05, 4.69) is 15.0 Å². The normalized spacial score (nSPS) is 17.7. The number of aliphatic hydroxyl groups excluding tert-OH is 1. The van der Waals surface area contributed by atoms with Crippen LogP contribution in [-0.2, 0) is 9.53 Å². The van der Waals surface area contributed by atoms with Crippen molar-refractivity contribution in [2.45, 2.75) is 18.9 Å². The minimum Gasteiger partial charge on any atom is -0.491 e. The number of amides is 1. The highest BCUT2D eigenvalue weighted by Gasteiger charge is 2.27. The number of β-amino-alcohol motifs (C(OH)–C–C–N with tert-alkyl or cyclic N) is 1. The fraction of sp³-hybridized carbons (Fsp3) is 0.391. The minimum atomic E-state index is -0.679. The van der Waals surface area contributed by atoms with Crippen LogP contribution in [0.5, 0.6) is 5.75 Å². The number of benzene rings is 2. The first-order chi connectivity index (χ1) is 14.5. The van der Waals surface area contributed by atoms with Crippen molar-refractivity contribution in [3.05, 3.63) is 60.2 Å². The molecule has 3 rings (SSSR count). The van der Waals surface area contributed by atoms with Crippen molar-refractivity contribution in [2.75, 3.05) is 38.7 Å². The first kappa shape index (κ1) is 21.8. The maximum Gasteiger partial charge on any atom is 0.337 e. The van der Waals surface area contributed by atoms with Gasteiger partial charge in [-0.2, -0.15) is 0 Å². The van der Waals surface area contributed by atoms with Crippen LogP contribution < -0.4 is 10.1 Å². The SMILES string of the molecule is COC(=O)c1ccc(OC[C@H](O)CN2CCC[C@H](C(=O)Nc3ccccc3)C2)cc1. The van der Waals surface area contributed by atoms with Crippen molar-refractivity contribution in [2.24, 2.45) is 5.92 Å². The number of hydrogen-bond acceptors (Lipinski definition) is 6. The van der Waals surface area contributed by atoms with Crippen LogP contribution in [-0.4, -0.2) is 61.3 Å². The Bertz CT molecular complexity index is 825. The van der Waals surface area contributed by atoms with E-state index in [0.29, 0.717) is 24.4 Å². The molecule has 0 saturated carbocycles. The number of likely N-dealkylation sites (tertiary alicyclic amines) is 1. The summed E-state index contributed by atoms with van der Waals surface area (Å²) in [7, 11) is 1.33. The molecule has 7 nitrogen and oxygen atoms in total. The molecule has 1 fully saturated rings. The number of carbonyl (C=O) groups excluding carboxylic acids is 2. The summed E-state index contributed by atoms with van der Waals surface area (Å²) in [5.41, 5.74) is 1.24. The van der Waals surface area contributed by atoms with Gasteiger partial charge in [-0.1, -0.05) is 18.2 Å². The van der Waals surface area contributed by atoms with E-state index in [0.717, 1.165) is 25.1 Å². The lowest BCUT2D eigenvalue weighted by molar-refractivity contribution is -0.121. The van der Waals surface area contributed by atoms with E-state index in [1.807, 2.05) is 30.3 Å². The van der Waals surface area contributed by atoms with Gasteiger partial charge >= 0.3 is 5.97 Å². The van der Waals surface area contributed by atoms with E-state index in [-0.39, 0.29) is 18.4 Å². The third-order valence-corrected chi connectivity index (χ3v) is 5.10. The van der Waals surface area contributed by atoms with Crippen LogP contribution in [0.25, 0.3) is 0 Å². The summed E-state index contributed by atoms with van der Waals surface area (Å²) in [6, 6.07) is 16.0. The molecule has 0 aromatic heterocycles. The van der Waals surface area contributed by atoms with Crippen LogP contribution in [0.3, 0.4) is 0 Å². The molecular weight excluding hydrogens is 384 g/mol. The Morgan fingerprint density at radius 3 is 2.60 bits per heavy atom. The zero-order valence-electron chi connectivity index (χ0n) is 17.1. The van der Waals surface area contributed by atoms with Gasteiger partial charge in [0, 0.05) is 18.8 Å². The molecule has 0 spiro atoms. The van der Waals surface area contributed by atoms with E-state index in [4.69, 9.17) is 4.74 Å². The second-order valence-corrected chi connectivity index (χ2v) is 7.43. The first-order valence-corrected chi connectivity index (χ1v) is 10.1. The fourth-order valence-corrected chi connectivity index (χ4v) is 3.55. The van der Waals surface area contributed by atoms with Gasteiger partial charge in [0.05, 0.1) is 18.6 Å². The van der Waals surface area contributed by atoms with Crippen LogP contribution in [0.15, 0.2) is 54.6 Å². The van der Waals surface area contributed by atoms with Crippen molar-refractivity contribution >= 4 is 17.6 Å². The number of ether oxygens (including phenoxy) is 2. The fourth-order valence-electron chi connectivity index (χ4n) is 3.55. The van der Waals surface area contributed by atoms with E-state index in [1.165, 1.54) is 7.11 Å². The van der Waals surface area contributed by atoms with Gasteiger partial charge in [0.1, 0.15) is 18.5 Å². The van der Waals surface area contributed by atoms with Crippen LogP contribution in [0.4, 0.5) is 5.69 Å². The minimum absolute atomic E-state index is 0.0161. The summed E-state index contributed by atoms with van der Waals surface area (Å²) in [5, 5.41) is 13.3. The first-order valence-electron chi connectivity index (χ1n) is 10.1. The number of nitrogens with zero attached hydrogens (tertiary/aromatic N) is 1. The summed E-state index contributed by atoms with van der Waals surface area (Å²) < 4.78 is 10.3. The standard InChI is InChI=1S/C23H28N2O5/c1-29-23(28)17-9-11-21(12-10-17)30-16-20(26)15-25-13-5-6-18(14-25)22(27)24-19-7-3-2-4-8-19/h2-4,7-12,18,20,26H,5-6,13-16H2,1H3,(H,24,27)/t18-,20+/m0/s1. The molecule has 2 aromatic rings. The van der Waals surface area contributed by atoms with Gasteiger partial charge in [-0.25, -0.2) is 4.79 Å². The molecule has 0 radical (unpaired) electrons. The van der Waals surface area contributed by atoms with Gasteiger partial charge in [-0.15, -0.1) is 0 Å². The molecule has 30 heavy (non-hydrogen) atoms. The second-order valence-electron chi connectivity index (χ2n) is 7.43. The number of rotatable bonds is 8. The third-order valence-electron chi connectivity index (χ3n) is 5.10. The number of nitrogens with one attached hydrogen (secondary N) is 1. The highest BCUT2D eigenvalue weighted by Crippen LogP contribution is 2.19. The van der Waals surface area contributed by atoms with E-state index in [1.54, 1.807) is 24.3 Å². The molecule has 2 N–H and O–H groups in total. The lowest BCUT2D eigenvalue weighted by Gasteiger charge is -2.33. The van der Waals surface area contributed by atoms with Gasteiger partial charge < -0.3 is 19.9 Å². The summed E-state index contributed by atoms with van der Waals surface area (Å²) in [5.74, 6) is 0.0817. The van der Waals surface area contributed by atoms with Gasteiger partial charge in [0.25, 0.3) is 0 Å². The number of para-hydroxylation sites is 1. The van der Waals surface area contributed by atoms with Gasteiger partial charge in [0.2, 0.25) is 5.91 Å². The smallest absolute Gasteiger partial charge is 0.337 e. The number of hydrogen-bond donors (Lipinski definition) is 2. The molecule has 7 heteroatoms. The quantitative estimate of drug-likeness (QED) is 0.648. The molecule has 160 valence electrons. The van der Waals surface area contributed by atoms with Gasteiger partial charge in [-0.05, 0) is 55.8 Å².